The van der Waals surface area contributed by atoms with Gasteiger partial charge in [-0.2, -0.15) is 0 Å². The van der Waals surface area contributed by atoms with Gasteiger partial charge < -0.3 is 10.4 Å². The summed E-state index contributed by atoms with van der Waals surface area (Å²) >= 11 is 1.65. The van der Waals surface area contributed by atoms with Crippen LogP contribution in [-0.2, 0) is 12.8 Å². The van der Waals surface area contributed by atoms with Crippen molar-refractivity contribution < 1.29 is 9.90 Å². The summed E-state index contributed by atoms with van der Waals surface area (Å²) in [5, 5.41) is 12.4. The third kappa shape index (κ3) is 3.83. The van der Waals surface area contributed by atoms with Gasteiger partial charge in [0.25, 0.3) is 5.91 Å². The molecule has 0 spiro atoms. The van der Waals surface area contributed by atoms with Crippen LogP contribution in [0.15, 0.2) is 6.07 Å². The molecule has 0 bridgehead atoms. The van der Waals surface area contributed by atoms with Crippen molar-refractivity contribution in [3.05, 3.63) is 21.4 Å². The molecule has 1 heterocycles. The van der Waals surface area contributed by atoms with Crippen LogP contribution in [-0.4, -0.2) is 23.7 Å². The zero-order chi connectivity index (χ0) is 14.5. The van der Waals surface area contributed by atoms with Gasteiger partial charge in [0.15, 0.2) is 0 Å². The Balaban J connectivity index is 1.90. The number of thiophene rings is 1. The summed E-state index contributed by atoms with van der Waals surface area (Å²) in [7, 11) is 0. The minimum Gasteiger partial charge on any atom is -0.393 e. The fourth-order valence-corrected chi connectivity index (χ4v) is 3.83. The van der Waals surface area contributed by atoms with Crippen molar-refractivity contribution in [2.75, 3.05) is 6.54 Å². The topological polar surface area (TPSA) is 49.3 Å². The molecular weight excluding hydrogens is 270 g/mol. The quantitative estimate of drug-likeness (QED) is 0.847. The van der Waals surface area contributed by atoms with E-state index < -0.39 is 0 Å². The highest BCUT2D eigenvalue weighted by Gasteiger charge is 2.21. The molecule has 2 unspecified atom stereocenters. The van der Waals surface area contributed by atoms with Gasteiger partial charge in [-0.15, -0.1) is 11.3 Å². The molecule has 20 heavy (non-hydrogen) atoms. The molecule has 1 aliphatic carbocycles. The number of nitrogens with one attached hydrogen (secondary N) is 1. The average Bonchev–Trinajstić information content (AvgIpc) is 2.89. The van der Waals surface area contributed by atoms with Crippen LogP contribution in [0.25, 0.3) is 0 Å². The van der Waals surface area contributed by atoms with E-state index in [0.29, 0.717) is 13.0 Å². The first-order valence-electron chi connectivity index (χ1n) is 7.71. The van der Waals surface area contributed by atoms with E-state index in [0.717, 1.165) is 30.1 Å². The summed E-state index contributed by atoms with van der Waals surface area (Å²) in [6.45, 7) is 4.74. The lowest BCUT2D eigenvalue weighted by Crippen LogP contribution is -2.26. The number of aliphatic hydroxyl groups is 1. The van der Waals surface area contributed by atoms with Gasteiger partial charge in [0.1, 0.15) is 0 Å². The Morgan fingerprint density at radius 1 is 1.55 bits per heavy atom. The number of carbonyl (C=O) groups is 1. The summed E-state index contributed by atoms with van der Waals surface area (Å²) in [4.78, 5) is 14.3. The Morgan fingerprint density at radius 2 is 2.35 bits per heavy atom. The van der Waals surface area contributed by atoms with Gasteiger partial charge in [0.2, 0.25) is 0 Å². The van der Waals surface area contributed by atoms with E-state index in [-0.39, 0.29) is 12.0 Å². The Labute approximate surface area is 125 Å². The second-order valence-electron chi connectivity index (χ2n) is 5.68. The van der Waals surface area contributed by atoms with Crippen LogP contribution in [0, 0.1) is 5.92 Å². The zero-order valence-corrected chi connectivity index (χ0v) is 13.3. The summed E-state index contributed by atoms with van der Waals surface area (Å²) < 4.78 is 0. The smallest absolute Gasteiger partial charge is 0.261 e. The average molecular weight is 295 g/mol. The van der Waals surface area contributed by atoms with Crippen LogP contribution < -0.4 is 5.32 Å². The molecule has 1 aliphatic rings. The van der Waals surface area contributed by atoms with Crippen LogP contribution in [0.4, 0.5) is 0 Å². The van der Waals surface area contributed by atoms with Crippen molar-refractivity contribution in [1.29, 1.82) is 0 Å². The number of fused-ring (bicyclic) bond motifs is 1. The number of hydrogen-bond acceptors (Lipinski definition) is 3. The number of hydrogen-bond donors (Lipinski definition) is 2. The van der Waals surface area contributed by atoms with E-state index in [1.165, 1.54) is 23.3 Å². The molecule has 0 saturated heterocycles. The largest absolute Gasteiger partial charge is 0.393 e. The van der Waals surface area contributed by atoms with Crippen molar-refractivity contribution in [3.8, 4) is 0 Å². The first-order chi connectivity index (χ1) is 9.63. The summed E-state index contributed by atoms with van der Waals surface area (Å²) in [5.41, 5.74) is 1.38. The molecule has 4 heteroatoms. The molecular formula is C16H25NO2S. The Bertz CT molecular complexity index is 455. The molecule has 0 aliphatic heterocycles. The van der Waals surface area contributed by atoms with E-state index in [1.807, 2.05) is 6.92 Å². The first kappa shape index (κ1) is 15.5. The maximum atomic E-state index is 12.1. The number of carbonyl (C=O) groups excluding carboxylic acids is 1. The fraction of sp³-hybridized carbons (Fsp3) is 0.688. The maximum absolute atomic E-state index is 12.1. The standard InChI is InChI=1S/C16H25NO2S/c1-3-11-5-6-14-12(9-11)10-15(20-14)16(19)17-8-7-13(18)4-2/h10-11,13,18H,3-9H2,1-2H3,(H,17,19). The number of aryl methyl sites for hydroxylation is 1. The molecule has 0 radical (unpaired) electrons. The summed E-state index contributed by atoms with van der Waals surface area (Å²) in [6.07, 6.45) is 5.80. The number of amides is 1. The molecule has 2 atom stereocenters. The highest BCUT2D eigenvalue weighted by molar-refractivity contribution is 7.14. The van der Waals surface area contributed by atoms with Gasteiger partial charge in [0.05, 0.1) is 11.0 Å². The molecule has 0 saturated carbocycles. The molecule has 2 rings (SSSR count). The Hall–Kier alpha value is -0.870. The highest BCUT2D eigenvalue weighted by atomic mass is 32.1. The van der Waals surface area contributed by atoms with Crippen LogP contribution in [0.5, 0.6) is 0 Å². The van der Waals surface area contributed by atoms with Crippen LogP contribution in [0.2, 0.25) is 0 Å². The van der Waals surface area contributed by atoms with Gasteiger partial charge in [-0.05, 0) is 49.7 Å². The third-order valence-electron chi connectivity index (χ3n) is 4.22. The molecule has 1 aromatic rings. The van der Waals surface area contributed by atoms with Crippen molar-refractivity contribution in [1.82, 2.24) is 5.32 Å². The van der Waals surface area contributed by atoms with Gasteiger partial charge in [0, 0.05) is 11.4 Å². The minimum atomic E-state index is -0.308. The van der Waals surface area contributed by atoms with Crippen LogP contribution in [0.1, 0.15) is 59.6 Å². The predicted molar refractivity (Wildman–Crippen MR) is 83.4 cm³/mol. The van der Waals surface area contributed by atoms with E-state index in [9.17, 15) is 9.90 Å². The molecule has 0 aromatic carbocycles. The monoisotopic (exact) mass is 295 g/mol. The lowest BCUT2D eigenvalue weighted by Gasteiger charge is -2.19. The lowest BCUT2D eigenvalue weighted by molar-refractivity contribution is 0.0946. The van der Waals surface area contributed by atoms with E-state index in [1.54, 1.807) is 11.3 Å². The fourth-order valence-electron chi connectivity index (χ4n) is 2.70. The van der Waals surface area contributed by atoms with Gasteiger partial charge in [-0.1, -0.05) is 20.3 Å². The predicted octanol–water partition coefficient (Wildman–Crippen LogP) is 3.15. The van der Waals surface area contributed by atoms with Crippen molar-refractivity contribution in [2.24, 2.45) is 5.92 Å². The van der Waals surface area contributed by atoms with Gasteiger partial charge in [-0.25, -0.2) is 0 Å². The van der Waals surface area contributed by atoms with Crippen molar-refractivity contribution in [3.63, 3.8) is 0 Å². The number of aliphatic hydroxyl groups excluding tert-OH is 1. The molecule has 0 fully saturated rings. The molecule has 2 N–H and O–H groups in total. The zero-order valence-electron chi connectivity index (χ0n) is 12.4. The summed E-state index contributed by atoms with van der Waals surface area (Å²) in [6, 6.07) is 2.08. The van der Waals surface area contributed by atoms with Crippen molar-refractivity contribution >= 4 is 17.2 Å². The van der Waals surface area contributed by atoms with Gasteiger partial charge >= 0.3 is 0 Å². The van der Waals surface area contributed by atoms with Gasteiger partial charge in [-0.3, -0.25) is 4.79 Å². The number of rotatable bonds is 6. The highest BCUT2D eigenvalue weighted by Crippen LogP contribution is 2.33. The molecule has 112 valence electrons. The Kier molecular flexibility index (Phi) is 5.61. The minimum absolute atomic E-state index is 0.0146. The molecule has 1 aromatic heterocycles. The van der Waals surface area contributed by atoms with E-state index in [4.69, 9.17) is 0 Å². The second-order valence-corrected chi connectivity index (χ2v) is 6.82. The van der Waals surface area contributed by atoms with Crippen LogP contribution in [0.3, 0.4) is 0 Å². The normalized spacial score (nSPS) is 19.4. The first-order valence-corrected chi connectivity index (χ1v) is 8.53. The Morgan fingerprint density at radius 3 is 3.05 bits per heavy atom. The lowest BCUT2D eigenvalue weighted by atomic mass is 9.87. The maximum Gasteiger partial charge on any atom is 0.261 e. The third-order valence-corrected chi connectivity index (χ3v) is 5.46. The summed E-state index contributed by atoms with van der Waals surface area (Å²) in [5.74, 6) is 0.800. The molecule has 1 amide bonds. The van der Waals surface area contributed by atoms with Crippen molar-refractivity contribution in [2.45, 2.75) is 58.5 Å². The van der Waals surface area contributed by atoms with E-state index >= 15 is 0 Å². The SMILES string of the molecule is CCC(O)CCNC(=O)c1cc2c(s1)CCC(CC)C2. The second kappa shape index (κ2) is 7.23. The molecule has 3 nitrogen and oxygen atoms in total. The van der Waals surface area contributed by atoms with E-state index in [2.05, 4.69) is 18.3 Å². The van der Waals surface area contributed by atoms with Crippen LogP contribution >= 0.6 is 11.3 Å².